The summed E-state index contributed by atoms with van der Waals surface area (Å²) in [6.45, 7) is 3.95. The van der Waals surface area contributed by atoms with Gasteiger partial charge in [0.05, 0.1) is 12.6 Å². The van der Waals surface area contributed by atoms with Gasteiger partial charge in [-0.05, 0) is 20.3 Å². The number of nitrogens with one attached hydrogen (secondary N) is 2. The maximum Gasteiger partial charge on any atom is 0.243 e. The van der Waals surface area contributed by atoms with Crippen LogP contribution in [-0.2, 0) is 14.4 Å². The molecule has 0 bridgehead atoms. The maximum absolute atomic E-state index is 11.7. The van der Waals surface area contributed by atoms with E-state index in [9.17, 15) is 14.4 Å². The number of nitrogens with zero attached hydrogens (tertiary/aromatic N) is 1. The molecule has 0 aromatic rings. The molecule has 1 atom stereocenters. The highest BCUT2D eigenvalue weighted by atomic mass is 16.2. The zero-order chi connectivity index (χ0) is 13.0. The standard InChI is InChI=1S/C11H19N3O3/c1-7(2)14(3)10(16)6-12-8-4-5-9(15)13-11(8)17/h7-8,12H,4-6H2,1-3H3,(H,13,15,17). The van der Waals surface area contributed by atoms with Crippen LogP contribution >= 0.6 is 0 Å². The summed E-state index contributed by atoms with van der Waals surface area (Å²) in [5.41, 5.74) is 0. The average Bonchev–Trinajstić information content (AvgIpc) is 2.26. The van der Waals surface area contributed by atoms with Crippen molar-refractivity contribution in [2.24, 2.45) is 0 Å². The smallest absolute Gasteiger partial charge is 0.243 e. The van der Waals surface area contributed by atoms with Gasteiger partial charge in [-0.25, -0.2) is 0 Å². The molecule has 96 valence electrons. The lowest BCUT2D eigenvalue weighted by Crippen LogP contribution is -2.53. The predicted octanol–water partition coefficient (Wildman–Crippen LogP) is -0.752. The second-order valence-corrected chi connectivity index (χ2v) is 4.48. The Labute approximate surface area is 101 Å². The van der Waals surface area contributed by atoms with E-state index in [1.54, 1.807) is 11.9 Å². The molecule has 0 aromatic heterocycles. The first-order valence-corrected chi connectivity index (χ1v) is 5.74. The fourth-order valence-corrected chi connectivity index (χ4v) is 1.51. The number of hydrogen-bond acceptors (Lipinski definition) is 4. The third kappa shape index (κ3) is 3.81. The molecule has 0 spiro atoms. The SMILES string of the molecule is CC(C)N(C)C(=O)CNC1CCC(=O)NC1=O. The topological polar surface area (TPSA) is 78.5 Å². The molecule has 0 saturated carbocycles. The first-order chi connectivity index (χ1) is 7.91. The van der Waals surface area contributed by atoms with Gasteiger partial charge in [-0.15, -0.1) is 0 Å². The molecule has 0 aromatic carbocycles. The van der Waals surface area contributed by atoms with Crippen LogP contribution in [0.15, 0.2) is 0 Å². The van der Waals surface area contributed by atoms with Crippen molar-refractivity contribution < 1.29 is 14.4 Å². The van der Waals surface area contributed by atoms with Gasteiger partial charge < -0.3 is 4.90 Å². The van der Waals surface area contributed by atoms with E-state index in [2.05, 4.69) is 10.6 Å². The minimum absolute atomic E-state index is 0.0651. The van der Waals surface area contributed by atoms with E-state index in [-0.39, 0.29) is 30.3 Å². The van der Waals surface area contributed by atoms with Gasteiger partial charge in [0.2, 0.25) is 17.7 Å². The molecular formula is C11H19N3O3. The number of carbonyl (C=O) groups is 3. The van der Waals surface area contributed by atoms with Crippen molar-refractivity contribution in [3.8, 4) is 0 Å². The summed E-state index contributed by atoms with van der Waals surface area (Å²) < 4.78 is 0. The Morgan fingerprint density at radius 1 is 1.53 bits per heavy atom. The van der Waals surface area contributed by atoms with Crippen molar-refractivity contribution in [2.75, 3.05) is 13.6 Å². The normalized spacial score (nSPS) is 20.4. The second-order valence-electron chi connectivity index (χ2n) is 4.48. The van der Waals surface area contributed by atoms with E-state index in [1.165, 1.54) is 0 Å². The predicted molar refractivity (Wildman–Crippen MR) is 62.1 cm³/mol. The fourth-order valence-electron chi connectivity index (χ4n) is 1.51. The van der Waals surface area contributed by atoms with Gasteiger partial charge in [0.25, 0.3) is 0 Å². The van der Waals surface area contributed by atoms with Gasteiger partial charge in [-0.3, -0.25) is 25.0 Å². The first kappa shape index (κ1) is 13.6. The Kier molecular flexibility index (Phi) is 4.62. The fraction of sp³-hybridized carbons (Fsp3) is 0.727. The highest BCUT2D eigenvalue weighted by Crippen LogP contribution is 2.04. The van der Waals surface area contributed by atoms with Crippen LogP contribution in [0, 0.1) is 0 Å². The van der Waals surface area contributed by atoms with E-state index in [0.717, 1.165) is 0 Å². The van der Waals surface area contributed by atoms with Crippen LogP contribution in [-0.4, -0.2) is 48.3 Å². The quantitative estimate of drug-likeness (QED) is 0.635. The number of likely N-dealkylation sites (N-methyl/N-ethyl adjacent to an activating group) is 1. The lowest BCUT2D eigenvalue weighted by molar-refractivity contribution is -0.135. The monoisotopic (exact) mass is 241 g/mol. The van der Waals surface area contributed by atoms with Crippen LogP contribution in [0.2, 0.25) is 0 Å². The van der Waals surface area contributed by atoms with Crippen LogP contribution < -0.4 is 10.6 Å². The Hall–Kier alpha value is -1.43. The van der Waals surface area contributed by atoms with Crippen molar-refractivity contribution >= 4 is 17.7 Å². The summed E-state index contributed by atoms with van der Waals surface area (Å²) in [5.74, 6) is -0.662. The van der Waals surface area contributed by atoms with Gasteiger partial charge in [0, 0.05) is 19.5 Å². The molecule has 1 aliphatic heterocycles. The second kappa shape index (κ2) is 5.77. The third-order valence-corrected chi connectivity index (χ3v) is 2.91. The molecule has 2 N–H and O–H groups in total. The molecule has 1 aliphatic rings. The van der Waals surface area contributed by atoms with Gasteiger partial charge in [0.1, 0.15) is 0 Å². The number of imide groups is 1. The lowest BCUT2D eigenvalue weighted by Gasteiger charge is -2.25. The molecule has 6 heteroatoms. The summed E-state index contributed by atoms with van der Waals surface area (Å²) >= 11 is 0. The van der Waals surface area contributed by atoms with Crippen molar-refractivity contribution in [2.45, 2.75) is 38.8 Å². The largest absolute Gasteiger partial charge is 0.342 e. The third-order valence-electron chi connectivity index (χ3n) is 2.91. The minimum atomic E-state index is -0.447. The van der Waals surface area contributed by atoms with E-state index in [1.807, 2.05) is 13.8 Å². The van der Waals surface area contributed by atoms with Crippen LogP contribution in [0.1, 0.15) is 26.7 Å². The molecule has 1 fully saturated rings. The van der Waals surface area contributed by atoms with Gasteiger partial charge in [-0.1, -0.05) is 0 Å². The average molecular weight is 241 g/mol. The zero-order valence-corrected chi connectivity index (χ0v) is 10.4. The van der Waals surface area contributed by atoms with Crippen LogP contribution in [0.4, 0.5) is 0 Å². The van der Waals surface area contributed by atoms with Crippen LogP contribution in [0.5, 0.6) is 0 Å². The molecular weight excluding hydrogens is 222 g/mol. The van der Waals surface area contributed by atoms with Crippen LogP contribution in [0.3, 0.4) is 0 Å². The molecule has 6 nitrogen and oxygen atoms in total. The number of amides is 3. The zero-order valence-electron chi connectivity index (χ0n) is 10.4. The lowest BCUT2D eigenvalue weighted by atomic mass is 10.1. The van der Waals surface area contributed by atoms with Gasteiger partial charge in [-0.2, -0.15) is 0 Å². The molecule has 1 unspecified atom stereocenters. The molecule has 17 heavy (non-hydrogen) atoms. The van der Waals surface area contributed by atoms with Crippen LogP contribution in [0.25, 0.3) is 0 Å². The molecule has 1 saturated heterocycles. The summed E-state index contributed by atoms with van der Waals surface area (Å²) in [7, 11) is 1.72. The number of carbonyl (C=O) groups excluding carboxylic acids is 3. The summed E-state index contributed by atoms with van der Waals surface area (Å²) in [6, 6.07) is -0.316. The molecule has 3 amide bonds. The highest BCUT2D eigenvalue weighted by Gasteiger charge is 2.26. The van der Waals surface area contributed by atoms with Crippen molar-refractivity contribution in [1.29, 1.82) is 0 Å². The van der Waals surface area contributed by atoms with E-state index in [0.29, 0.717) is 12.8 Å². The van der Waals surface area contributed by atoms with Crippen molar-refractivity contribution in [3.05, 3.63) is 0 Å². The Morgan fingerprint density at radius 3 is 2.71 bits per heavy atom. The molecule has 1 heterocycles. The summed E-state index contributed by atoms with van der Waals surface area (Å²) in [6.07, 6.45) is 0.765. The van der Waals surface area contributed by atoms with E-state index >= 15 is 0 Å². The van der Waals surface area contributed by atoms with Crippen molar-refractivity contribution in [3.63, 3.8) is 0 Å². The molecule has 0 radical (unpaired) electrons. The Morgan fingerprint density at radius 2 is 2.18 bits per heavy atom. The maximum atomic E-state index is 11.7. The first-order valence-electron chi connectivity index (χ1n) is 5.74. The summed E-state index contributed by atoms with van der Waals surface area (Å²) in [4.78, 5) is 35.6. The number of hydrogen-bond donors (Lipinski definition) is 2. The van der Waals surface area contributed by atoms with E-state index in [4.69, 9.17) is 0 Å². The molecule has 0 aliphatic carbocycles. The Balaban J connectivity index is 2.38. The Bertz CT molecular complexity index is 328. The van der Waals surface area contributed by atoms with Gasteiger partial charge >= 0.3 is 0 Å². The highest BCUT2D eigenvalue weighted by molar-refractivity contribution is 6.00. The van der Waals surface area contributed by atoms with Gasteiger partial charge in [0.15, 0.2) is 0 Å². The number of rotatable bonds is 4. The minimum Gasteiger partial charge on any atom is -0.342 e. The molecule has 1 rings (SSSR count). The van der Waals surface area contributed by atoms with Crippen molar-refractivity contribution in [1.82, 2.24) is 15.5 Å². The van der Waals surface area contributed by atoms with E-state index < -0.39 is 6.04 Å². The summed E-state index contributed by atoms with van der Waals surface area (Å²) in [5, 5.41) is 5.11. The number of piperidine rings is 1.